The highest BCUT2D eigenvalue weighted by Crippen LogP contribution is 2.30. The molecule has 2 N–H and O–H groups in total. The Labute approximate surface area is 146 Å². The molecule has 2 aromatic rings. The summed E-state index contributed by atoms with van der Waals surface area (Å²) in [6.07, 6.45) is -0.821. The Hall–Kier alpha value is -3.02. The first-order valence-corrected chi connectivity index (χ1v) is 8.13. The van der Waals surface area contributed by atoms with Crippen molar-refractivity contribution < 1.29 is 19.1 Å². The molecule has 2 amide bonds. The zero-order chi connectivity index (χ0) is 17.8. The number of fused-ring (bicyclic) bond motifs is 1. The van der Waals surface area contributed by atoms with Crippen molar-refractivity contribution in [2.24, 2.45) is 0 Å². The summed E-state index contributed by atoms with van der Waals surface area (Å²) in [5.41, 5.74) is 6.38. The lowest BCUT2D eigenvalue weighted by Gasteiger charge is -2.25. The van der Waals surface area contributed by atoms with E-state index in [-0.39, 0.29) is 12.5 Å². The lowest BCUT2D eigenvalue weighted by Crippen LogP contribution is -2.50. The zero-order valence-corrected chi connectivity index (χ0v) is 14.1. The van der Waals surface area contributed by atoms with Crippen LogP contribution in [0.3, 0.4) is 0 Å². The molecular weight excluding hydrogens is 320 g/mol. The molecule has 0 saturated heterocycles. The van der Waals surface area contributed by atoms with Gasteiger partial charge in [0.15, 0.2) is 11.5 Å². The molecule has 0 saturated carbocycles. The number of para-hydroxylation sites is 2. The molecule has 0 radical (unpaired) electrons. The summed E-state index contributed by atoms with van der Waals surface area (Å²) in [5, 5.41) is 0. The average Bonchev–Trinajstić information content (AvgIpc) is 2.65. The van der Waals surface area contributed by atoms with Crippen LogP contribution >= 0.6 is 0 Å². The Bertz CT molecular complexity index is 771. The summed E-state index contributed by atoms with van der Waals surface area (Å²) < 4.78 is 11.1. The molecule has 2 aromatic carbocycles. The van der Waals surface area contributed by atoms with Crippen LogP contribution < -0.4 is 20.3 Å². The fraction of sp³-hybridized carbons (Fsp3) is 0.263. The Morgan fingerprint density at radius 3 is 2.36 bits per heavy atom. The molecule has 6 heteroatoms. The number of hydrogen-bond acceptors (Lipinski definition) is 4. The third kappa shape index (κ3) is 3.91. The molecule has 130 valence electrons. The van der Waals surface area contributed by atoms with Crippen molar-refractivity contribution >= 4 is 11.8 Å². The summed E-state index contributed by atoms with van der Waals surface area (Å²) in [6, 6.07) is 14.4. The van der Waals surface area contributed by atoms with E-state index < -0.39 is 12.0 Å². The van der Waals surface area contributed by atoms with Gasteiger partial charge in [0, 0.05) is 5.56 Å². The van der Waals surface area contributed by atoms with E-state index in [0.717, 1.165) is 5.56 Å². The normalized spacial score (nSPS) is 15.6. The Kier molecular flexibility index (Phi) is 4.88. The van der Waals surface area contributed by atoms with E-state index in [1.807, 2.05) is 18.2 Å². The molecule has 6 nitrogen and oxygen atoms in total. The SMILES string of the molecule is CC(C)c1ccc(C(=O)NNC(=O)C2COc3ccccc3O2)cc1. The fourth-order valence-electron chi connectivity index (χ4n) is 2.44. The van der Waals surface area contributed by atoms with Crippen molar-refractivity contribution in [3.05, 3.63) is 59.7 Å². The highest BCUT2D eigenvalue weighted by molar-refractivity contribution is 5.95. The van der Waals surface area contributed by atoms with E-state index in [0.29, 0.717) is 23.0 Å². The van der Waals surface area contributed by atoms with Gasteiger partial charge in [-0.05, 0) is 35.7 Å². The minimum atomic E-state index is -0.821. The van der Waals surface area contributed by atoms with E-state index in [4.69, 9.17) is 9.47 Å². The summed E-state index contributed by atoms with van der Waals surface area (Å²) in [5.74, 6) is 0.635. The Morgan fingerprint density at radius 1 is 1.00 bits per heavy atom. The topological polar surface area (TPSA) is 76.7 Å². The van der Waals surface area contributed by atoms with Crippen molar-refractivity contribution in [3.63, 3.8) is 0 Å². The largest absolute Gasteiger partial charge is 0.485 e. The van der Waals surface area contributed by atoms with Crippen molar-refractivity contribution in [1.29, 1.82) is 0 Å². The van der Waals surface area contributed by atoms with Crippen LogP contribution in [0.4, 0.5) is 0 Å². The van der Waals surface area contributed by atoms with Gasteiger partial charge in [0.1, 0.15) is 6.61 Å². The number of carbonyl (C=O) groups is 2. The number of hydrogen-bond donors (Lipinski definition) is 2. The van der Waals surface area contributed by atoms with Crippen LogP contribution in [0.1, 0.15) is 35.7 Å². The maximum absolute atomic E-state index is 12.2. The summed E-state index contributed by atoms with van der Waals surface area (Å²) >= 11 is 0. The van der Waals surface area contributed by atoms with Crippen LogP contribution in [0.5, 0.6) is 11.5 Å². The predicted octanol–water partition coefficient (Wildman–Crippen LogP) is 2.41. The lowest BCUT2D eigenvalue weighted by atomic mass is 10.0. The van der Waals surface area contributed by atoms with E-state index in [9.17, 15) is 9.59 Å². The van der Waals surface area contributed by atoms with Crippen molar-refractivity contribution in [1.82, 2.24) is 10.9 Å². The van der Waals surface area contributed by atoms with Crippen molar-refractivity contribution in [2.75, 3.05) is 6.61 Å². The quantitative estimate of drug-likeness (QED) is 0.841. The van der Waals surface area contributed by atoms with Gasteiger partial charge in [0.25, 0.3) is 11.8 Å². The third-order valence-electron chi connectivity index (χ3n) is 3.94. The van der Waals surface area contributed by atoms with Crippen LogP contribution in [0, 0.1) is 0 Å². The molecule has 25 heavy (non-hydrogen) atoms. The Morgan fingerprint density at radius 2 is 1.68 bits per heavy atom. The van der Waals surface area contributed by atoms with E-state index in [1.165, 1.54) is 0 Å². The van der Waals surface area contributed by atoms with Crippen molar-refractivity contribution in [2.45, 2.75) is 25.9 Å². The highest BCUT2D eigenvalue weighted by Gasteiger charge is 2.27. The molecule has 0 aromatic heterocycles. The predicted molar refractivity (Wildman–Crippen MR) is 92.5 cm³/mol. The number of amides is 2. The minimum absolute atomic E-state index is 0.0851. The number of rotatable bonds is 3. The van der Waals surface area contributed by atoms with E-state index >= 15 is 0 Å². The van der Waals surface area contributed by atoms with Gasteiger partial charge in [-0.15, -0.1) is 0 Å². The molecule has 0 aliphatic carbocycles. The second kappa shape index (κ2) is 7.25. The smallest absolute Gasteiger partial charge is 0.283 e. The molecule has 0 bridgehead atoms. The van der Waals surface area contributed by atoms with E-state index in [2.05, 4.69) is 24.7 Å². The number of carbonyl (C=O) groups excluding carboxylic acids is 2. The first-order valence-electron chi connectivity index (χ1n) is 8.13. The molecule has 3 rings (SSSR count). The first kappa shape index (κ1) is 16.8. The second-order valence-electron chi connectivity index (χ2n) is 6.08. The van der Waals surface area contributed by atoms with Crippen LogP contribution in [-0.2, 0) is 4.79 Å². The van der Waals surface area contributed by atoms with Gasteiger partial charge >= 0.3 is 0 Å². The molecule has 1 aliphatic heterocycles. The second-order valence-corrected chi connectivity index (χ2v) is 6.08. The number of ether oxygens (including phenoxy) is 2. The number of hydrazine groups is 1. The molecule has 1 unspecified atom stereocenters. The standard InChI is InChI=1S/C19H20N2O4/c1-12(2)13-7-9-14(10-8-13)18(22)20-21-19(23)17-11-24-15-5-3-4-6-16(15)25-17/h3-10,12,17H,11H2,1-2H3,(H,20,22)(H,21,23). The van der Waals surface area contributed by atoms with Gasteiger partial charge in [-0.2, -0.15) is 0 Å². The Balaban J connectivity index is 1.54. The van der Waals surface area contributed by atoms with Crippen LogP contribution in [-0.4, -0.2) is 24.5 Å². The van der Waals surface area contributed by atoms with Gasteiger partial charge in [-0.3, -0.25) is 20.4 Å². The van der Waals surface area contributed by atoms with E-state index in [1.54, 1.807) is 30.3 Å². The summed E-state index contributed by atoms with van der Waals surface area (Å²) in [4.78, 5) is 24.3. The molecule has 0 spiro atoms. The fourth-order valence-corrected chi connectivity index (χ4v) is 2.44. The van der Waals surface area contributed by atoms with Crippen LogP contribution in [0.2, 0.25) is 0 Å². The van der Waals surface area contributed by atoms with Gasteiger partial charge in [0.05, 0.1) is 0 Å². The van der Waals surface area contributed by atoms with Gasteiger partial charge in [-0.1, -0.05) is 38.1 Å². The number of benzene rings is 2. The maximum Gasteiger partial charge on any atom is 0.283 e. The van der Waals surface area contributed by atoms with Crippen LogP contribution in [0.15, 0.2) is 48.5 Å². The molecule has 1 aliphatic rings. The highest BCUT2D eigenvalue weighted by atomic mass is 16.6. The maximum atomic E-state index is 12.2. The van der Waals surface area contributed by atoms with Gasteiger partial charge in [-0.25, -0.2) is 0 Å². The summed E-state index contributed by atoms with van der Waals surface area (Å²) in [7, 11) is 0. The molecule has 1 heterocycles. The molecular formula is C19H20N2O4. The average molecular weight is 340 g/mol. The third-order valence-corrected chi connectivity index (χ3v) is 3.94. The minimum Gasteiger partial charge on any atom is -0.485 e. The van der Waals surface area contributed by atoms with Crippen LogP contribution in [0.25, 0.3) is 0 Å². The van der Waals surface area contributed by atoms with Crippen molar-refractivity contribution in [3.8, 4) is 11.5 Å². The molecule has 0 fully saturated rings. The lowest BCUT2D eigenvalue weighted by molar-refractivity contribution is -0.131. The molecule has 1 atom stereocenters. The zero-order valence-electron chi connectivity index (χ0n) is 14.1. The number of nitrogens with one attached hydrogen (secondary N) is 2. The van der Waals surface area contributed by atoms with Gasteiger partial charge in [0.2, 0.25) is 6.10 Å². The first-order chi connectivity index (χ1) is 12.0. The monoisotopic (exact) mass is 340 g/mol. The van der Waals surface area contributed by atoms with Gasteiger partial charge < -0.3 is 9.47 Å². The summed E-state index contributed by atoms with van der Waals surface area (Å²) in [6.45, 7) is 4.25.